The molecule has 1 aliphatic rings. The van der Waals surface area contributed by atoms with Crippen molar-refractivity contribution in [3.8, 4) is 11.1 Å². The minimum absolute atomic E-state index is 0.134. The number of hydrogen-bond acceptors (Lipinski definition) is 3. The van der Waals surface area contributed by atoms with Crippen LogP contribution < -0.4 is 0 Å². The number of carbonyl (C=O) groups excluding carboxylic acids is 2. The summed E-state index contributed by atoms with van der Waals surface area (Å²) in [6.07, 6.45) is 1.34. The SMILES string of the molecule is [C-]#[N+][C@@H]1CC(F)(F)CN1C(=O)CCC(=O)c1ccnc2ccc(-c3ccc4c(ccn4C)c3)cc12. The Morgan fingerprint density at radius 2 is 1.89 bits per heavy atom. The standard InChI is InChI=1S/C27H22F2N4O2/c1-30-25-15-27(28,29)16-33(25)26(35)8-7-24(34)20-9-11-31-22-5-3-18(14-21(20)22)17-4-6-23-19(13-17)10-12-32(23)2/h3-6,9-14,25H,7-8,15-16H2,2H3/t25-/m0/s1. The largest absolute Gasteiger partial charge is 0.351 e. The number of fused-ring (bicyclic) bond motifs is 2. The highest BCUT2D eigenvalue weighted by atomic mass is 19.3. The summed E-state index contributed by atoms with van der Waals surface area (Å²) in [5, 5.41) is 1.78. The van der Waals surface area contributed by atoms with Crippen molar-refractivity contribution in [2.24, 2.45) is 7.05 Å². The fourth-order valence-corrected chi connectivity index (χ4v) is 4.70. The molecule has 2 aromatic carbocycles. The van der Waals surface area contributed by atoms with E-state index in [-0.39, 0.29) is 18.6 Å². The van der Waals surface area contributed by atoms with Crippen molar-refractivity contribution in [2.45, 2.75) is 31.4 Å². The number of hydrogen-bond donors (Lipinski definition) is 0. The van der Waals surface area contributed by atoms with Crippen molar-refractivity contribution < 1.29 is 18.4 Å². The number of Topliss-reactive ketones (excluding diaryl/α,β-unsaturated/α-hetero) is 1. The average Bonchev–Trinajstić information content (AvgIpc) is 3.39. The highest BCUT2D eigenvalue weighted by molar-refractivity contribution is 6.08. The molecule has 6 nitrogen and oxygen atoms in total. The number of alkyl halides is 2. The molecule has 2 aromatic heterocycles. The van der Waals surface area contributed by atoms with Crippen LogP contribution in [0.25, 0.3) is 37.8 Å². The van der Waals surface area contributed by atoms with E-state index in [1.807, 2.05) is 54.2 Å². The lowest BCUT2D eigenvalue weighted by atomic mass is 9.97. The number of aryl methyl sites for hydroxylation is 1. The van der Waals surface area contributed by atoms with Gasteiger partial charge in [0.2, 0.25) is 5.91 Å². The van der Waals surface area contributed by atoms with Gasteiger partial charge in [-0.1, -0.05) is 12.1 Å². The maximum absolute atomic E-state index is 13.7. The maximum Gasteiger partial charge on any atom is 0.306 e. The number of halogens is 2. The van der Waals surface area contributed by atoms with Crippen LogP contribution in [-0.4, -0.2) is 44.8 Å². The zero-order valence-corrected chi connectivity index (χ0v) is 19.0. The lowest BCUT2D eigenvalue weighted by molar-refractivity contribution is -0.132. The van der Waals surface area contributed by atoms with E-state index < -0.39 is 31.0 Å². The zero-order chi connectivity index (χ0) is 24.7. The minimum atomic E-state index is -3.07. The van der Waals surface area contributed by atoms with Crippen molar-refractivity contribution in [3.63, 3.8) is 0 Å². The predicted octanol–water partition coefficient (Wildman–Crippen LogP) is 5.47. The van der Waals surface area contributed by atoms with E-state index in [1.54, 1.807) is 12.3 Å². The van der Waals surface area contributed by atoms with E-state index in [2.05, 4.69) is 15.9 Å². The molecule has 3 heterocycles. The molecule has 8 heteroatoms. The minimum Gasteiger partial charge on any atom is -0.351 e. The van der Waals surface area contributed by atoms with E-state index in [4.69, 9.17) is 6.57 Å². The van der Waals surface area contributed by atoms with Gasteiger partial charge in [0, 0.05) is 54.1 Å². The van der Waals surface area contributed by atoms with Gasteiger partial charge in [0.15, 0.2) is 5.78 Å². The van der Waals surface area contributed by atoms with Crippen LogP contribution >= 0.6 is 0 Å². The molecule has 1 aliphatic heterocycles. The van der Waals surface area contributed by atoms with Crippen LogP contribution in [0.3, 0.4) is 0 Å². The molecule has 176 valence electrons. The third-order valence-electron chi connectivity index (χ3n) is 6.54. The Kier molecular flexibility index (Phi) is 5.56. The van der Waals surface area contributed by atoms with Gasteiger partial charge in [0.05, 0.1) is 12.1 Å². The van der Waals surface area contributed by atoms with Crippen LogP contribution in [-0.2, 0) is 11.8 Å². The molecule has 0 unspecified atom stereocenters. The molecule has 0 spiro atoms. The van der Waals surface area contributed by atoms with Crippen molar-refractivity contribution in [2.75, 3.05) is 6.54 Å². The molecule has 35 heavy (non-hydrogen) atoms. The van der Waals surface area contributed by atoms with E-state index in [0.717, 1.165) is 26.9 Å². The summed E-state index contributed by atoms with van der Waals surface area (Å²) < 4.78 is 29.4. The summed E-state index contributed by atoms with van der Waals surface area (Å²) in [5.74, 6) is -3.95. The Balaban J connectivity index is 1.39. The van der Waals surface area contributed by atoms with Gasteiger partial charge in [-0.05, 0) is 47.5 Å². The van der Waals surface area contributed by atoms with E-state index in [0.29, 0.717) is 16.5 Å². The fraction of sp³-hybridized carbons (Fsp3) is 0.259. The number of likely N-dealkylation sites (tertiary alicyclic amines) is 1. The van der Waals surface area contributed by atoms with Crippen molar-refractivity contribution in [1.29, 1.82) is 0 Å². The lowest BCUT2D eigenvalue weighted by Crippen LogP contribution is -2.35. The molecule has 1 atom stereocenters. The first kappa shape index (κ1) is 22.7. The van der Waals surface area contributed by atoms with Gasteiger partial charge in [-0.25, -0.2) is 15.4 Å². The molecule has 0 radical (unpaired) electrons. The van der Waals surface area contributed by atoms with Gasteiger partial charge >= 0.3 is 6.17 Å². The number of amides is 1. The third-order valence-corrected chi connectivity index (χ3v) is 6.54. The van der Waals surface area contributed by atoms with Crippen LogP contribution in [0.5, 0.6) is 0 Å². The van der Waals surface area contributed by atoms with E-state index in [9.17, 15) is 18.4 Å². The Hall–Kier alpha value is -4.12. The number of rotatable bonds is 5. The molecule has 4 aromatic rings. The lowest BCUT2D eigenvalue weighted by Gasteiger charge is -2.16. The Labute approximate surface area is 200 Å². The molecule has 1 amide bonds. The van der Waals surface area contributed by atoms with Gasteiger partial charge in [0.1, 0.15) is 6.42 Å². The second kappa shape index (κ2) is 8.58. The number of pyridine rings is 1. The van der Waals surface area contributed by atoms with Crippen LogP contribution in [0.1, 0.15) is 29.6 Å². The number of ketones is 1. The Bertz CT molecular complexity index is 1520. The monoisotopic (exact) mass is 472 g/mol. The molecular formula is C27H22F2N4O2. The van der Waals surface area contributed by atoms with Crippen LogP contribution in [0.15, 0.2) is 60.9 Å². The quantitative estimate of drug-likeness (QED) is 0.286. The third kappa shape index (κ3) is 4.26. The van der Waals surface area contributed by atoms with Gasteiger partial charge in [-0.15, -0.1) is 0 Å². The molecular weight excluding hydrogens is 450 g/mol. The van der Waals surface area contributed by atoms with Gasteiger partial charge in [0.25, 0.3) is 5.92 Å². The molecule has 0 aliphatic carbocycles. The first-order chi connectivity index (χ1) is 16.8. The van der Waals surface area contributed by atoms with Crippen LogP contribution in [0, 0.1) is 6.57 Å². The number of benzene rings is 2. The molecule has 5 rings (SSSR count). The highest BCUT2D eigenvalue weighted by Gasteiger charge is 2.50. The van der Waals surface area contributed by atoms with E-state index >= 15 is 0 Å². The summed E-state index contributed by atoms with van der Waals surface area (Å²) >= 11 is 0. The van der Waals surface area contributed by atoms with Crippen LogP contribution in [0.4, 0.5) is 8.78 Å². The summed E-state index contributed by atoms with van der Waals surface area (Å²) in [5.41, 5.74) is 4.13. The number of nitrogens with zero attached hydrogens (tertiary/aromatic N) is 4. The predicted molar refractivity (Wildman–Crippen MR) is 129 cm³/mol. The topological polar surface area (TPSA) is 59.6 Å². The highest BCUT2D eigenvalue weighted by Crippen LogP contribution is 2.33. The van der Waals surface area contributed by atoms with Crippen LogP contribution in [0.2, 0.25) is 0 Å². The first-order valence-corrected chi connectivity index (χ1v) is 11.3. The normalized spacial score (nSPS) is 17.1. The first-order valence-electron chi connectivity index (χ1n) is 11.3. The molecule has 0 N–H and O–H groups in total. The molecule has 0 bridgehead atoms. The number of carbonyl (C=O) groups is 2. The average molecular weight is 472 g/mol. The zero-order valence-electron chi connectivity index (χ0n) is 19.0. The molecule has 1 saturated heterocycles. The summed E-state index contributed by atoms with van der Waals surface area (Å²) in [4.78, 5) is 34.0. The summed E-state index contributed by atoms with van der Waals surface area (Å²) in [7, 11) is 1.99. The summed E-state index contributed by atoms with van der Waals surface area (Å²) in [6, 6.07) is 15.6. The molecule has 1 fully saturated rings. The van der Waals surface area contributed by atoms with Crippen molar-refractivity contribution in [1.82, 2.24) is 14.5 Å². The second-order valence-electron chi connectivity index (χ2n) is 8.91. The van der Waals surface area contributed by atoms with Crippen molar-refractivity contribution in [3.05, 3.63) is 77.9 Å². The van der Waals surface area contributed by atoms with Gasteiger partial charge in [-0.2, -0.15) is 0 Å². The number of aromatic nitrogens is 2. The fourth-order valence-electron chi connectivity index (χ4n) is 4.70. The smallest absolute Gasteiger partial charge is 0.306 e. The maximum atomic E-state index is 13.7. The summed E-state index contributed by atoms with van der Waals surface area (Å²) in [6.45, 7) is 6.32. The second-order valence-corrected chi connectivity index (χ2v) is 8.91. The Morgan fingerprint density at radius 1 is 1.11 bits per heavy atom. The van der Waals surface area contributed by atoms with Gasteiger partial charge < -0.3 is 4.57 Å². The van der Waals surface area contributed by atoms with Gasteiger partial charge in [-0.3, -0.25) is 24.3 Å². The van der Waals surface area contributed by atoms with Crippen molar-refractivity contribution >= 4 is 33.5 Å². The molecule has 0 saturated carbocycles. The van der Waals surface area contributed by atoms with E-state index in [1.165, 1.54) is 0 Å². The Morgan fingerprint density at radius 3 is 2.69 bits per heavy atom.